The molecule has 0 unspecified atom stereocenters. The van der Waals surface area contributed by atoms with E-state index < -0.39 is 0 Å². The number of methoxy groups -OCH3 is 1. The van der Waals surface area contributed by atoms with E-state index in [-0.39, 0.29) is 0 Å². The number of rotatable bonds is 1. The lowest BCUT2D eigenvalue weighted by Crippen LogP contribution is -2.20. The Kier molecular flexibility index (Phi) is 1.72. The second kappa shape index (κ2) is 2.88. The monoisotopic (exact) mass is 173 g/mol. The summed E-state index contributed by atoms with van der Waals surface area (Å²) < 4.78 is 5.03. The number of ether oxygens (including phenoxy) is 1. The zero-order valence-electron chi connectivity index (χ0n) is 7.07. The molecule has 0 N–H and O–H groups in total. The first kappa shape index (κ1) is 7.77. The van der Waals surface area contributed by atoms with E-state index >= 15 is 0 Å². The average Bonchev–Trinajstić information content (AvgIpc) is 2.58. The largest absolute Gasteiger partial charge is 0.497 e. The van der Waals surface area contributed by atoms with Crippen LogP contribution in [0.15, 0.2) is 28.9 Å². The zero-order valence-corrected chi connectivity index (χ0v) is 7.07. The van der Waals surface area contributed by atoms with Crippen molar-refractivity contribution in [1.29, 1.82) is 0 Å². The molecule has 0 aliphatic carbocycles. The molecule has 13 heavy (non-hydrogen) atoms. The molecule has 3 nitrogen and oxygen atoms in total. The summed E-state index contributed by atoms with van der Waals surface area (Å²) in [6, 6.07) is 5.48. The van der Waals surface area contributed by atoms with E-state index in [1.165, 1.54) is 0 Å². The first-order chi connectivity index (χ1) is 6.33. The van der Waals surface area contributed by atoms with Gasteiger partial charge in [0.2, 0.25) is 0 Å². The summed E-state index contributed by atoms with van der Waals surface area (Å²) in [5.74, 6) is 2.49. The van der Waals surface area contributed by atoms with Crippen LogP contribution in [0.5, 0.6) is 5.75 Å². The minimum absolute atomic E-state index is 0.336. The molecule has 1 aromatic rings. The number of hydrogen-bond donors (Lipinski definition) is 0. The summed E-state index contributed by atoms with van der Waals surface area (Å²) in [6.07, 6.45) is 1.70. The molecule has 0 saturated carbocycles. The van der Waals surface area contributed by atoms with Crippen LogP contribution in [0, 0.1) is 0 Å². The quantitative estimate of drug-likeness (QED) is 0.553. The summed E-state index contributed by atoms with van der Waals surface area (Å²) in [5.41, 5.74) is 0.336. The van der Waals surface area contributed by atoms with Gasteiger partial charge < -0.3 is 4.74 Å². The van der Waals surface area contributed by atoms with Gasteiger partial charge in [0.15, 0.2) is 5.94 Å². The summed E-state index contributed by atoms with van der Waals surface area (Å²) in [7, 11) is 1.59. The van der Waals surface area contributed by atoms with Crippen LogP contribution in [-0.2, 0) is 4.79 Å². The van der Waals surface area contributed by atoms with Crippen LogP contribution in [0.2, 0.25) is 0 Å². The van der Waals surface area contributed by atoms with E-state index in [1.54, 1.807) is 25.2 Å². The molecule has 1 aliphatic heterocycles. The highest BCUT2D eigenvalue weighted by Crippen LogP contribution is 2.04. The SMILES string of the molecule is COc1ccc2c(c1)=NC(=C=O)C=2. The molecule has 0 amide bonds. The number of fused-ring (bicyclic) bond motifs is 1. The predicted octanol–water partition coefficient (Wildman–Crippen LogP) is -0.176. The van der Waals surface area contributed by atoms with Crippen LogP contribution in [0.3, 0.4) is 0 Å². The second-order valence-electron chi connectivity index (χ2n) is 2.67. The Bertz CT molecular complexity index is 510. The molecule has 0 radical (unpaired) electrons. The maximum Gasteiger partial charge on any atom is 0.152 e. The van der Waals surface area contributed by atoms with Crippen LogP contribution >= 0.6 is 0 Å². The molecule has 2 rings (SSSR count). The Morgan fingerprint density at radius 1 is 1.46 bits per heavy atom. The highest BCUT2D eigenvalue weighted by Gasteiger charge is 2.01. The van der Waals surface area contributed by atoms with Crippen molar-refractivity contribution in [3.8, 4) is 5.75 Å². The Labute approximate surface area is 74.7 Å². The second-order valence-corrected chi connectivity index (χ2v) is 2.67. The van der Waals surface area contributed by atoms with Crippen molar-refractivity contribution < 1.29 is 9.53 Å². The smallest absolute Gasteiger partial charge is 0.152 e. The molecule has 0 atom stereocenters. The maximum absolute atomic E-state index is 10.3. The Hall–Kier alpha value is -1.86. The van der Waals surface area contributed by atoms with E-state index in [0.717, 1.165) is 16.3 Å². The molecule has 0 spiro atoms. The van der Waals surface area contributed by atoms with Crippen LogP contribution in [0.4, 0.5) is 0 Å². The van der Waals surface area contributed by atoms with Crippen molar-refractivity contribution in [2.45, 2.75) is 0 Å². The van der Waals surface area contributed by atoms with Gasteiger partial charge in [0.05, 0.1) is 12.5 Å². The van der Waals surface area contributed by atoms with Gasteiger partial charge in [0.1, 0.15) is 11.4 Å². The summed E-state index contributed by atoms with van der Waals surface area (Å²) >= 11 is 0. The predicted molar refractivity (Wildman–Crippen MR) is 47.4 cm³/mol. The average molecular weight is 173 g/mol. The fraction of sp³-hybridized carbons (Fsp3) is 0.100. The van der Waals surface area contributed by atoms with Gasteiger partial charge in [-0.15, -0.1) is 0 Å². The van der Waals surface area contributed by atoms with E-state index in [9.17, 15) is 4.79 Å². The summed E-state index contributed by atoms with van der Waals surface area (Å²) in [5, 5.41) is 1.69. The van der Waals surface area contributed by atoms with Crippen molar-refractivity contribution in [3.63, 3.8) is 0 Å². The Morgan fingerprint density at radius 3 is 3.00 bits per heavy atom. The van der Waals surface area contributed by atoms with Gasteiger partial charge >= 0.3 is 0 Å². The first-order valence-electron chi connectivity index (χ1n) is 3.83. The molecule has 0 aromatic heterocycles. The zero-order chi connectivity index (χ0) is 9.26. The van der Waals surface area contributed by atoms with Gasteiger partial charge in [0, 0.05) is 11.3 Å². The van der Waals surface area contributed by atoms with E-state index in [4.69, 9.17) is 4.74 Å². The molecule has 0 saturated heterocycles. The highest BCUT2D eigenvalue weighted by molar-refractivity contribution is 5.69. The lowest BCUT2D eigenvalue weighted by Gasteiger charge is -1.95. The molecule has 1 aromatic carbocycles. The van der Waals surface area contributed by atoms with Crippen LogP contribution in [0.25, 0.3) is 6.08 Å². The number of allylic oxidation sites excluding steroid dienone is 1. The fourth-order valence-electron chi connectivity index (χ4n) is 1.23. The fourth-order valence-corrected chi connectivity index (χ4v) is 1.23. The van der Waals surface area contributed by atoms with Crippen molar-refractivity contribution >= 4 is 12.0 Å². The molecule has 3 heteroatoms. The third-order valence-corrected chi connectivity index (χ3v) is 1.88. The van der Waals surface area contributed by atoms with Crippen LogP contribution in [-0.4, -0.2) is 13.1 Å². The molecule has 1 heterocycles. The van der Waals surface area contributed by atoms with E-state index in [2.05, 4.69) is 4.99 Å². The number of carbonyl (C=O) groups excluding carboxylic acids is 1. The van der Waals surface area contributed by atoms with Crippen LogP contribution in [0.1, 0.15) is 0 Å². The van der Waals surface area contributed by atoms with Crippen molar-refractivity contribution in [1.82, 2.24) is 0 Å². The normalized spacial score (nSPS) is 12.5. The van der Waals surface area contributed by atoms with Gasteiger partial charge in [-0.1, -0.05) is 0 Å². The van der Waals surface area contributed by atoms with Gasteiger partial charge in [-0.3, -0.25) is 0 Å². The molecular weight excluding hydrogens is 166 g/mol. The maximum atomic E-state index is 10.3. The molecule has 0 bridgehead atoms. The van der Waals surface area contributed by atoms with Crippen molar-refractivity contribution in [3.05, 3.63) is 34.5 Å². The van der Waals surface area contributed by atoms with E-state index in [0.29, 0.717) is 5.70 Å². The molecule has 64 valence electrons. The molecule has 0 fully saturated rings. The van der Waals surface area contributed by atoms with Gasteiger partial charge in [-0.05, 0) is 18.2 Å². The number of nitrogens with zero attached hydrogens (tertiary/aromatic N) is 1. The van der Waals surface area contributed by atoms with Crippen molar-refractivity contribution in [2.24, 2.45) is 4.99 Å². The lowest BCUT2D eigenvalue weighted by molar-refractivity contribution is 0.414. The third kappa shape index (κ3) is 1.25. The van der Waals surface area contributed by atoms with Gasteiger partial charge in [-0.2, -0.15) is 0 Å². The standard InChI is InChI=1S/C10H7NO2/c1-13-9-3-2-7-4-8(6-12)11-10(7)5-9/h2-5H,1H3. The lowest BCUT2D eigenvalue weighted by atomic mass is 10.3. The third-order valence-electron chi connectivity index (χ3n) is 1.88. The molecule has 1 aliphatic rings. The van der Waals surface area contributed by atoms with E-state index in [1.807, 2.05) is 12.1 Å². The van der Waals surface area contributed by atoms with Crippen LogP contribution < -0.4 is 15.3 Å². The Balaban J connectivity index is 2.72. The van der Waals surface area contributed by atoms with Crippen molar-refractivity contribution in [2.75, 3.05) is 7.11 Å². The number of benzene rings is 1. The number of hydrogen-bond acceptors (Lipinski definition) is 3. The molecular formula is C10H7NO2. The minimum Gasteiger partial charge on any atom is -0.497 e. The summed E-state index contributed by atoms with van der Waals surface area (Å²) in [6.45, 7) is 0. The van der Waals surface area contributed by atoms with Gasteiger partial charge in [0.25, 0.3) is 0 Å². The summed E-state index contributed by atoms with van der Waals surface area (Å²) in [4.78, 5) is 14.3. The highest BCUT2D eigenvalue weighted by atomic mass is 16.5. The minimum atomic E-state index is 0.336. The van der Waals surface area contributed by atoms with Gasteiger partial charge in [-0.25, -0.2) is 9.79 Å². The topological polar surface area (TPSA) is 38.7 Å². The first-order valence-corrected chi connectivity index (χ1v) is 3.83. The Morgan fingerprint density at radius 2 is 2.31 bits per heavy atom.